The first-order valence-electron chi connectivity index (χ1n) is 6.92. The number of allylic oxidation sites excluding steroid dienone is 1. The Morgan fingerprint density at radius 3 is 2.70 bits per heavy atom. The lowest BCUT2D eigenvalue weighted by atomic mass is 9.94. The molecule has 1 fully saturated rings. The molecule has 0 bridgehead atoms. The Hall–Kier alpha value is -1.81. The summed E-state index contributed by atoms with van der Waals surface area (Å²) in [5, 5.41) is 9.36. The van der Waals surface area contributed by atoms with Crippen LogP contribution in [0.5, 0.6) is 0 Å². The van der Waals surface area contributed by atoms with Gasteiger partial charge in [-0.15, -0.1) is 6.58 Å². The molecule has 0 aromatic heterocycles. The number of hydrogen-bond acceptors (Lipinski definition) is 3. The molecule has 1 heterocycles. The zero-order valence-corrected chi connectivity index (χ0v) is 11.6. The minimum absolute atomic E-state index is 0.0982. The second-order valence-electron chi connectivity index (χ2n) is 5.17. The molecule has 0 aliphatic carbocycles. The first kappa shape index (κ1) is 14.6. The summed E-state index contributed by atoms with van der Waals surface area (Å²) in [6.45, 7) is 5.29. The number of nitrogens with zero attached hydrogens (tertiary/aromatic N) is 1. The van der Waals surface area contributed by atoms with Gasteiger partial charge in [-0.25, -0.2) is 4.79 Å². The highest BCUT2D eigenvalue weighted by molar-refractivity contribution is 5.68. The highest BCUT2D eigenvalue weighted by atomic mass is 16.6. The molecule has 108 valence electrons. The average Bonchev–Trinajstić information content (AvgIpc) is 2.89. The van der Waals surface area contributed by atoms with E-state index in [4.69, 9.17) is 4.74 Å². The van der Waals surface area contributed by atoms with Crippen molar-refractivity contribution in [2.45, 2.75) is 13.0 Å². The number of ether oxygens (including phenoxy) is 1. The molecule has 0 unspecified atom stereocenters. The van der Waals surface area contributed by atoms with E-state index in [2.05, 4.69) is 6.58 Å². The number of carbonyl (C=O) groups is 1. The van der Waals surface area contributed by atoms with Gasteiger partial charge < -0.3 is 14.7 Å². The monoisotopic (exact) mass is 275 g/mol. The zero-order chi connectivity index (χ0) is 14.4. The maximum absolute atomic E-state index is 12.0. The Morgan fingerprint density at radius 1 is 1.35 bits per heavy atom. The van der Waals surface area contributed by atoms with Crippen LogP contribution in [-0.2, 0) is 11.3 Å². The average molecular weight is 275 g/mol. The minimum Gasteiger partial charge on any atom is -0.445 e. The molecule has 4 heteroatoms. The van der Waals surface area contributed by atoms with Gasteiger partial charge in [0.2, 0.25) is 0 Å². The van der Waals surface area contributed by atoms with E-state index in [-0.39, 0.29) is 31.1 Å². The summed E-state index contributed by atoms with van der Waals surface area (Å²) < 4.78 is 5.31. The van der Waals surface area contributed by atoms with Gasteiger partial charge in [-0.2, -0.15) is 0 Å². The van der Waals surface area contributed by atoms with Gasteiger partial charge >= 0.3 is 6.09 Å². The van der Waals surface area contributed by atoms with Gasteiger partial charge in [-0.1, -0.05) is 36.4 Å². The van der Waals surface area contributed by atoms with Crippen molar-refractivity contribution in [3.05, 3.63) is 48.6 Å². The number of aliphatic hydroxyl groups is 1. The fraction of sp³-hybridized carbons (Fsp3) is 0.438. The molecule has 4 nitrogen and oxygen atoms in total. The van der Waals surface area contributed by atoms with E-state index < -0.39 is 0 Å². The highest BCUT2D eigenvalue weighted by Crippen LogP contribution is 2.26. The summed E-state index contributed by atoms with van der Waals surface area (Å²) in [4.78, 5) is 13.7. The van der Waals surface area contributed by atoms with Crippen molar-refractivity contribution in [2.24, 2.45) is 11.8 Å². The van der Waals surface area contributed by atoms with Gasteiger partial charge in [0.05, 0.1) is 0 Å². The fourth-order valence-corrected chi connectivity index (χ4v) is 2.59. The molecule has 1 aromatic rings. The number of amides is 1. The summed E-state index contributed by atoms with van der Waals surface area (Å²) in [5.41, 5.74) is 0.974. The van der Waals surface area contributed by atoms with Crippen molar-refractivity contribution in [3.8, 4) is 0 Å². The van der Waals surface area contributed by atoms with E-state index >= 15 is 0 Å². The lowest BCUT2D eigenvalue weighted by Gasteiger charge is -2.16. The van der Waals surface area contributed by atoms with E-state index in [1.165, 1.54) is 0 Å². The predicted molar refractivity (Wildman–Crippen MR) is 77.1 cm³/mol. The largest absolute Gasteiger partial charge is 0.445 e. The molecule has 2 rings (SSSR count). The van der Waals surface area contributed by atoms with Gasteiger partial charge in [0.25, 0.3) is 0 Å². The second-order valence-corrected chi connectivity index (χ2v) is 5.17. The van der Waals surface area contributed by atoms with Gasteiger partial charge in [-0.3, -0.25) is 0 Å². The molecular formula is C16H21NO3. The van der Waals surface area contributed by atoms with Crippen molar-refractivity contribution in [1.82, 2.24) is 4.90 Å². The summed E-state index contributed by atoms with van der Waals surface area (Å²) >= 11 is 0. The highest BCUT2D eigenvalue weighted by Gasteiger charge is 2.34. The lowest BCUT2D eigenvalue weighted by Crippen LogP contribution is -2.29. The van der Waals surface area contributed by atoms with Gasteiger partial charge in [-0.05, 0) is 17.9 Å². The molecule has 0 spiro atoms. The van der Waals surface area contributed by atoms with Crippen LogP contribution in [0.1, 0.15) is 12.0 Å². The summed E-state index contributed by atoms with van der Waals surface area (Å²) in [6.07, 6.45) is 2.35. The van der Waals surface area contributed by atoms with Crippen molar-refractivity contribution >= 4 is 6.09 Å². The number of likely N-dealkylation sites (tertiary alicyclic amines) is 1. The fourth-order valence-electron chi connectivity index (χ4n) is 2.59. The summed E-state index contributed by atoms with van der Waals surface area (Å²) in [6, 6.07) is 9.61. The smallest absolute Gasteiger partial charge is 0.410 e. The first-order chi connectivity index (χ1) is 9.74. The van der Waals surface area contributed by atoms with E-state index in [9.17, 15) is 9.90 Å². The number of hydrogen-bond donors (Lipinski definition) is 1. The van der Waals surface area contributed by atoms with Crippen LogP contribution in [-0.4, -0.2) is 35.8 Å². The normalized spacial score (nSPS) is 21.8. The molecule has 0 saturated carbocycles. The van der Waals surface area contributed by atoms with Gasteiger partial charge in [0, 0.05) is 25.6 Å². The van der Waals surface area contributed by atoms with Crippen molar-refractivity contribution in [3.63, 3.8) is 0 Å². The van der Waals surface area contributed by atoms with Crippen LogP contribution in [0, 0.1) is 11.8 Å². The minimum atomic E-state index is -0.307. The molecule has 20 heavy (non-hydrogen) atoms. The van der Waals surface area contributed by atoms with Gasteiger partial charge in [0.15, 0.2) is 0 Å². The Morgan fingerprint density at radius 2 is 2.05 bits per heavy atom. The SMILES string of the molecule is C=CC[C@@H]1CN(C(=O)OCc2ccccc2)C[C@H]1CO. The molecule has 2 atom stereocenters. The van der Waals surface area contributed by atoms with Crippen LogP contribution in [0.25, 0.3) is 0 Å². The molecule has 1 aromatic carbocycles. The van der Waals surface area contributed by atoms with Crippen LogP contribution in [0.3, 0.4) is 0 Å². The molecule has 1 aliphatic heterocycles. The molecule has 1 N–H and O–H groups in total. The van der Waals surface area contributed by atoms with Crippen LogP contribution in [0.15, 0.2) is 43.0 Å². The van der Waals surface area contributed by atoms with Gasteiger partial charge in [0.1, 0.15) is 6.61 Å². The van der Waals surface area contributed by atoms with Crippen molar-refractivity contribution < 1.29 is 14.6 Å². The number of aliphatic hydroxyl groups excluding tert-OH is 1. The Bertz CT molecular complexity index is 446. The predicted octanol–water partition coefficient (Wildman–Crippen LogP) is 2.44. The maximum atomic E-state index is 12.0. The van der Waals surface area contributed by atoms with E-state index in [0.717, 1.165) is 12.0 Å². The summed E-state index contributed by atoms with van der Waals surface area (Å²) in [5.74, 6) is 0.402. The molecule has 1 amide bonds. The van der Waals surface area contributed by atoms with E-state index in [0.29, 0.717) is 13.1 Å². The third-order valence-corrected chi connectivity index (χ3v) is 3.74. The topological polar surface area (TPSA) is 49.8 Å². The standard InChI is InChI=1S/C16H21NO3/c1-2-6-14-9-17(10-15(14)11-18)16(19)20-12-13-7-4-3-5-8-13/h2-5,7-8,14-15,18H,1,6,9-12H2/t14-,15+/m1/s1. The number of carbonyl (C=O) groups excluding carboxylic acids is 1. The van der Waals surface area contributed by atoms with Crippen LogP contribution < -0.4 is 0 Å². The Balaban J connectivity index is 1.85. The van der Waals surface area contributed by atoms with E-state index in [1.54, 1.807) is 4.90 Å². The Labute approximate surface area is 119 Å². The van der Waals surface area contributed by atoms with Crippen molar-refractivity contribution in [2.75, 3.05) is 19.7 Å². The Kier molecular flexibility index (Phi) is 5.18. The van der Waals surface area contributed by atoms with E-state index in [1.807, 2.05) is 36.4 Å². The number of rotatable bonds is 5. The zero-order valence-electron chi connectivity index (χ0n) is 11.6. The number of benzene rings is 1. The second kappa shape index (κ2) is 7.10. The van der Waals surface area contributed by atoms with Crippen molar-refractivity contribution in [1.29, 1.82) is 0 Å². The van der Waals surface area contributed by atoms with Crippen LogP contribution in [0.2, 0.25) is 0 Å². The molecule has 0 radical (unpaired) electrons. The maximum Gasteiger partial charge on any atom is 0.410 e. The molecule has 1 aliphatic rings. The third-order valence-electron chi connectivity index (χ3n) is 3.74. The lowest BCUT2D eigenvalue weighted by molar-refractivity contribution is 0.101. The van der Waals surface area contributed by atoms with Crippen LogP contribution >= 0.6 is 0 Å². The summed E-state index contributed by atoms with van der Waals surface area (Å²) in [7, 11) is 0. The molecular weight excluding hydrogens is 254 g/mol. The first-order valence-corrected chi connectivity index (χ1v) is 6.92. The molecule has 1 saturated heterocycles. The third kappa shape index (κ3) is 3.61. The quantitative estimate of drug-likeness (QED) is 0.840. The van der Waals surface area contributed by atoms with Crippen LogP contribution in [0.4, 0.5) is 4.79 Å².